The van der Waals surface area contributed by atoms with Crippen molar-refractivity contribution in [1.82, 2.24) is 9.97 Å². The van der Waals surface area contributed by atoms with Crippen LogP contribution in [0.3, 0.4) is 0 Å². The van der Waals surface area contributed by atoms with Crippen LogP contribution in [0.5, 0.6) is 0 Å². The topological polar surface area (TPSA) is 75.9 Å². The molecule has 18 heavy (non-hydrogen) atoms. The summed E-state index contributed by atoms with van der Waals surface area (Å²) in [5, 5.41) is 3.31. The lowest BCUT2D eigenvalue weighted by atomic mass is 10.2. The van der Waals surface area contributed by atoms with Gasteiger partial charge in [-0.3, -0.25) is 0 Å². The first-order valence-electron chi connectivity index (χ1n) is 5.76. The molecule has 4 N–H and O–H groups in total. The molecule has 0 aliphatic carbocycles. The Bertz CT molecular complexity index is 565. The zero-order valence-corrected chi connectivity index (χ0v) is 10.8. The van der Waals surface area contributed by atoms with Crippen molar-refractivity contribution in [2.24, 2.45) is 5.84 Å². The van der Waals surface area contributed by atoms with E-state index in [-0.39, 0.29) is 0 Å². The van der Waals surface area contributed by atoms with Crippen molar-refractivity contribution in [1.29, 1.82) is 0 Å². The van der Waals surface area contributed by atoms with Crippen LogP contribution in [0.1, 0.15) is 17.0 Å². The fourth-order valence-electron chi connectivity index (χ4n) is 1.73. The lowest BCUT2D eigenvalue weighted by molar-refractivity contribution is 1.03. The summed E-state index contributed by atoms with van der Waals surface area (Å²) in [6.07, 6.45) is 0. The van der Waals surface area contributed by atoms with Gasteiger partial charge in [0.05, 0.1) is 0 Å². The lowest BCUT2D eigenvalue weighted by Crippen LogP contribution is -2.13. The minimum atomic E-state index is 0.638. The number of hydrogen-bond donors (Lipinski definition) is 3. The molecule has 0 saturated heterocycles. The van der Waals surface area contributed by atoms with Crippen LogP contribution < -0.4 is 16.6 Å². The third-order valence-electron chi connectivity index (χ3n) is 2.79. The van der Waals surface area contributed by atoms with Crippen molar-refractivity contribution < 1.29 is 0 Å². The largest absolute Gasteiger partial charge is 0.340 e. The number of hydrogen-bond acceptors (Lipinski definition) is 5. The summed E-state index contributed by atoms with van der Waals surface area (Å²) < 4.78 is 0. The van der Waals surface area contributed by atoms with Crippen molar-refractivity contribution in [3.63, 3.8) is 0 Å². The molecular formula is C13H17N5. The molecule has 0 bridgehead atoms. The average molecular weight is 243 g/mol. The van der Waals surface area contributed by atoms with Gasteiger partial charge < -0.3 is 10.7 Å². The van der Waals surface area contributed by atoms with Gasteiger partial charge in [-0.15, -0.1) is 0 Å². The molecule has 5 nitrogen and oxygen atoms in total. The van der Waals surface area contributed by atoms with Crippen LogP contribution in [0.4, 0.5) is 17.3 Å². The van der Waals surface area contributed by atoms with Crippen LogP contribution in [0, 0.1) is 20.8 Å². The predicted octanol–water partition coefficient (Wildman–Crippen LogP) is 2.43. The minimum absolute atomic E-state index is 0.638. The minimum Gasteiger partial charge on any atom is -0.340 e. The van der Waals surface area contributed by atoms with E-state index in [1.54, 1.807) is 0 Å². The molecular weight excluding hydrogens is 226 g/mol. The zero-order valence-electron chi connectivity index (χ0n) is 10.8. The highest BCUT2D eigenvalue weighted by molar-refractivity contribution is 5.66. The van der Waals surface area contributed by atoms with Crippen LogP contribution in [0.2, 0.25) is 0 Å². The van der Waals surface area contributed by atoms with Crippen molar-refractivity contribution >= 4 is 17.3 Å². The predicted molar refractivity (Wildman–Crippen MR) is 73.8 cm³/mol. The second-order valence-electron chi connectivity index (χ2n) is 4.18. The van der Waals surface area contributed by atoms with Crippen LogP contribution in [-0.2, 0) is 0 Å². The van der Waals surface area contributed by atoms with E-state index in [4.69, 9.17) is 5.84 Å². The van der Waals surface area contributed by atoms with Gasteiger partial charge in [0.2, 0.25) is 0 Å². The number of benzene rings is 1. The van der Waals surface area contributed by atoms with Gasteiger partial charge in [-0.25, -0.2) is 15.8 Å². The molecule has 0 aliphatic heterocycles. The second kappa shape index (κ2) is 5.01. The van der Waals surface area contributed by atoms with Gasteiger partial charge in [-0.2, -0.15) is 0 Å². The van der Waals surface area contributed by atoms with Gasteiger partial charge in [0.25, 0.3) is 0 Å². The molecule has 2 aromatic rings. The fraction of sp³-hybridized carbons (Fsp3) is 0.231. The molecule has 0 fully saturated rings. The first-order chi connectivity index (χ1) is 8.61. The quantitative estimate of drug-likeness (QED) is 0.570. The summed E-state index contributed by atoms with van der Waals surface area (Å²) in [6, 6.07) is 8.06. The zero-order chi connectivity index (χ0) is 13.1. The van der Waals surface area contributed by atoms with E-state index < -0.39 is 0 Å². The smallest absolute Gasteiger partial charge is 0.148 e. The molecule has 0 amide bonds. The van der Waals surface area contributed by atoms with Crippen molar-refractivity contribution in [2.45, 2.75) is 20.8 Å². The van der Waals surface area contributed by atoms with Gasteiger partial charge in [-0.1, -0.05) is 18.2 Å². The SMILES string of the molecule is Cc1nc(NN)c(C)c(Nc2ccccc2C)n1. The number of nitrogen functional groups attached to an aromatic ring is 1. The van der Waals surface area contributed by atoms with Gasteiger partial charge in [-0.05, 0) is 32.4 Å². The van der Waals surface area contributed by atoms with E-state index in [9.17, 15) is 0 Å². The Morgan fingerprint density at radius 3 is 2.33 bits per heavy atom. The number of nitrogens with zero attached hydrogens (tertiary/aromatic N) is 2. The number of nitrogens with two attached hydrogens (primary N) is 1. The summed E-state index contributed by atoms with van der Waals surface area (Å²) in [5.41, 5.74) is 5.67. The van der Waals surface area contributed by atoms with Crippen molar-refractivity contribution in [3.05, 3.63) is 41.2 Å². The summed E-state index contributed by atoms with van der Waals surface area (Å²) >= 11 is 0. The van der Waals surface area contributed by atoms with E-state index in [1.807, 2.05) is 45.0 Å². The molecule has 94 valence electrons. The fourth-order valence-corrected chi connectivity index (χ4v) is 1.73. The van der Waals surface area contributed by atoms with Gasteiger partial charge >= 0.3 is 0 Å². The normalized spacial score (nSPS) is 10.2. The van der Waals surface area contributed by atoms with E-state index in [1.165, 1.54) is 0 Å². The maximum absolute atomic E-state index is 5.44. The standard InChI is InChI=1S/C13H17N5/c1-8-6-4-5-7-11(8)17-12-9(2)13(18-14)16-10(3)15-12/h4-7H,14H2,1-3H3,(H2,15,16,17,18). The molecule has 0 aliphatic rings. The lowest BCUT2D eigenvalue weighted by Gasteiger charge is -2.13. The van der Waals surface area contributed by atoms with E-state index in [0.29, 0.717) is 11.6 Å². The molecule has 0 unspecified atom stereocenters. The van der Waals surface area contributed by atoms with Gasteiger partial charge in [0.15, 0.2) is 0 Å². The third-order valence-corrected chi connectivity index (χ3v) is 2.79. The third kappa shape index (κ3) is 2.41. The molecule has 1 aromatic heterocycles. The van der Waals surface area contributed by atoms with Crippen molar-refractivity contribution in [3.8, 4) is 0 Å². The monoisotopic (exact) mass is 243 g/mol. The van der Waals surface area contributed by atoms with Gasteiger partial charge in [0, 0.05) is 11.3 Å². The molecule has 0 saturated carbocycles. The van der Waals surface area contributed by atoms with E-state index in [2.05, 4.69) is 20.7 Å². The van der Waals surface area contributed by atoms with E-state index >= 15 is 0 Å². The van der Waals surface area contributed by atoms with Crippen LogP contribution in [-0.4, -0.2) is 9.97 Å². The number of nitrogens with one attached hydrogen (secondary N) is 2. The Labute approximate surface area is 106 Å². The Kier molecular flexibility index (Phi) is 3.43. The average Bonchev–Trinajstić information content (AvgIpc) is 2.36. The summed E-state index contributed by atoms with van der Waals surface area (Å²) in [4.78, 5) is 8.63. The molecule has 1 aromatic carbocycles. The number of aromatic nitrogens is 2. The molecule has 1 heterocycles. The maximum Gasteiger partial charge on any atom is 0.148 e. The van der Waals surface area contributed by atoms with Crippen LogP contribution in [0.25, 0.3) is 0 Å². The highest BCUT2D eigenvalue weighted by atomic mass is 15.3. The first kappa shape index (κ1) is 12.3. The Morgan fingerprint density at radius 1 is 1.00 bits per heavy atom. The van der Waals surface area contributed by atoms with Crippen LogP contribution >= 0.6 is 0 Å². The Morgan fingerprint density at radius 2 is 1.67 bits per heavy atom. The molecule has 0 spiro atoms. The highest BCUT2D eigenvalue weighted by Gasteiger charge is 2.09. The molecule has 2 rings (SSSR count). The number of rotatable bonds is 3. The number of aryl methyl sites for hydroxylation is 2. The summed E-state index contributed by atoms with van der Waals surface area (Å²) in [6.45, 7) is 5.81. The molecule has 5 heteroatoms. The first-order valence-corrected chi connectivity index (χ1v) is 5.76. The highest BCUT2D eigenvalue weighted by Crippen LogP contribution is 2.24. The van der Waals surface area contributed by atoms with E-state index in [0.717, 1.165) is 22.6 Å². The number of anilines is 3. The van der Waals surface area contributed by atoms with Gasteiger partial charge in [0.1, 0.15) is 17.5 Å². The summed E-state index contributed by atoms with van der Waals surface area (Å²) in [7, 11) is 0. The molecule has 0 atom stereocenters. The Balaban J connectivity index is 2.40. The maximum atomic E-state index is 5.44. The second-order valence-corrected chi connectivity index (χ2v) is 4.18. The molecule has 0 radical (unpaired) electrons. The number of hydrazine groups is 1. The number of para-hydroxylation sites is 1. The van der Waals surface area contributed by atoms with Crippen LogP contribution in [0.15, 0.2) is 24.3 Å². The van der Waals surface area contributed by atoms with Crippen molar-refractivity contribution in [2.75, 3.05) is 10.7 Å². The summed E-state index contributed by atoms with van der Waals surface area (Å²) in [5.74, 6) is 7.52. The Hall–Kier alpha value is -2.14.